The number of hydrogen-bond acceptors (Lipinski definition) is 8. The van der Waals surface area contributed by atoms with Crippen LogP contribution in [0.2, 0.25) is 0 Å². The normalized spacial score (nSPS) is 21.0. The maximum atomic E-state index is 15.6. The minimum atomic E-state index is -4.60. The molecule has 226 valence electrons. The van der Waals surface area contributed by atoms with Crippen LogP contribution in [0, 0.1) is 11.7 Å². The second kappa shape index (κ2) is 10.6. The highest BCUT2D eigenvalue weighted by Crippen LogP contribution is 2.45. The number of ether oxygens (including phenoxy) is 1. The van der Waals surface area contributed by atoms with E-state index in [1.807, 2.05) is 0 Å². The van der Waals surface area contributed by atoms with Gasteiger partial charge >= 0.3 is 6.18 Å². The van der Waals surface area contributed by atoms with Gasteiger partial charge in [0.1, 0.15) is 28.7 Å². The molecule has 11 nitrogen and oxygen atoms in total. The molecule has 0 unspecified atom stereocenters. The topological polar surface area (TPSA) is 145 Å². The molecule has 3 aromatic heterocycles. The van der Waals surface area contributed by atoms with E-state index in [4.69, 9.17) is 15.5 Å². The van der Waals surface area contributed by atoms with Crippen molar-refractivity contribution >= 4 is 27.3 Å². The van der Waals surface area contributed by atoms with Gasteiger partial charge in [0.25, 0.3) is 10.2 Å². The van der Waals surface area contributed by atoms with Crippen LogP contribution >= 0.6 is 0 Å². The predicted molar refractivity (Wildman–Crippen MR) is 145 cm³/mol. The van der Waals surface area contributed by atoms with Crippen molar-refractivity contribution < 1.29 is 35.5 Å². The molecule has 3 N–H and O–H groups in total. The maximum absolute atomic E-state index is 15.6. The lowest BCUT2D eigenvalue weighted by atomic mass is 10.0. The Morgan fingerprint density at radius 2 is 1.95 bits per heavy atom. The molecule has 6 rings (SSSR count). The fourth-order valence-corrected chi connectivity index (χ4v) is 7.11. The Morgan fingerprint density at radius 1 is 1.16 bits per heavy atom. The molecule has 0 radical (unpaired) electrons. The van der Waals surface area contributed by atoms with Crippen molar-refractivity contribution in [2.75, 3.05) is 26.0 Å². The summed E-state index contributed by atoms with van der Waals surface area (Å²) in [5, 5.41) is 0. The fourth-order valence-electron chi connectivity index (χ4n) is 5.79. The van der Waals surface area contributed by atoms with E-state index in [0.717, 1.165) is 24.4 Å². The second-order valence-corrected chi connectivity index (χ2v) is 12.1. The van der Waals surface area contributed by atoms with E-state index in [0.29, 0.717) is 18.9 Å². The average molecular weight is 620 g/mol. The van der Waals surface area contributed by atoms with Gasteiger partial charge in [-0.05, 0) is 30.7 Å². The third-order valence-electron chi connectivity index (χ3n) is 7.80. The number of ketones is 1. The molecule has 2 aliphatic rings. The van der Waals surface area contributed by atoms with Crippen LogP contribution in [-0.2, 0) is 27.5 Å². The zero-order chi connectivity index (χ0) is 30.7. The number of nitrogen functional groups attached to an aromatic ring is 1. The first-order valence-corrected chi connectivity index (χ1v) is 14.6. The predicted octanol–water partition coefficient (Wildman–Crippen LogP) is 3.18. The monoisotopic (exact) mass is 619 g/mol. The quantitative estimate of drug-likeness (QED) is 0.237. The number of halogens is 4. The number of anilines is 1. The molecule has 0 spiro atoms. The largest absolute Gasteiger partial charge is 0.416 e. The molecule has 1 aromatic carbocycles. The van der Waals surface area contributed by atoms with Gasteiger partial charge in [-0.1, -0.05) is 6.07 Å². The molecule has 0 saturated carbocycles. The zero-order valence-electron chi connectivity index (χ0n) is 22.5. The molecule has 0 bridgehead atoms. The van der Waals surface area contributed by atoms with Gasteiger partial charge in [-0.25, -0.2) is 19.1 Å². The summed E-state index contributed by atoms with van der Waals surface area (Å²) in [6, 6.07) is 4.07. The lowest BCUT2D eigenvalue weighted by molar-refractivity contribution is -0.137. The van der Waals surface area contributed by atoms with Crippen molar-refractivity contribution in [2.45, 2.75) is 31.1 Å². The average Bonchev–Trinajstić information content (AvgIpc) is 3.66. The number of imidazole rings is 1. The zero-order valence-corrected chi connectivity index (χ0v) is 23.4. The molecule has 2 aliphatic heterocycles. The first kappa shape index (κ1) is 29.1. The van der Waals surface area contributed by atoms with E-state index in [2.05, 4.69) is 14.7 Å². The van der Waals surface area contributed by atoms with Gasteiger partial charge in [0.05, 0.1) is 37.3 Å². The van der Waals surface area contributed by atoms with Crippen LogP contribution in [0.3, 0.4) is 0 Å². The Kier molecular flexibility index (Phi) is 7.19. The van der Waals surface area contributed by atoms with Gasteiger partial charge in [0.15, 0.2) is 5.78 Å². The van der Waals surface area contributed by atoms with Crippen LogP contribution in [0.4, 0.5) is 23.4 Å². The number of carbonyl (C=O) groups is 1. The molecule has 43 heavy (non-hydrogen) atoms. The molecule has 5 heterocycles. The second-order valence-electron chi connectivity index (χ2n) is 10.3. The van der Waals surface area contributed by atoms with Gasteiger partial charge in [0, 0.05) is 48.4 Å². The molecular weight excluding hydrogens is 594 g/mol. The van der Waals surface area contributed by atoms with Gasteiger partial charge < -0.3 is 10.5 Å². The summed E-state index contributed by atoms with van der Waals surface area (Å²) in [4.78, 5) is 25.5. The number of rotatable bonds is 7. The number of nitrogens with one attached hydrogen (secondary N) is 1. The Hall–Kier alpha value is -3.99. The number of hydrogen-bond donors (Lipinski definition) is 2. The van der Waals surface area contributed by atoms with Crippen LogP contribution in [0.5, 0.6) is 0 Å². The van der Waals surface area contributed by atoms with E-state index in [9.17, 15) is 26.4 Å². The van der Waals surface area contributed by atoms with Crippen molar-refractivity contribution in [3.63, 3.8) is 0 Å². The summed E-state index contributed by atoms with van der Waals surface area (Å²) in [6.45, 7) is 0.610. The van der Waals surface area contributed by atoms with E-state index in [-0.39, 0.29) is 46.4 Å². The van der Waals surface area contributed by atoms with E-state index in [1.165, 1.54) is 29.7 Å². The lowest BCUT2D eigenvalue weighted by Gasteiger charge is -2.27. The third-order valence-corrected chi connectivity index (χ3v) is 9.40. The van der Waals surface area contributed by atoms with Crippen molar-refractivity contribution in [2.24, 2.45) is 5.92 Å². The van der Waals surface area contributed by atoms with Crippen molar-refractivity contribution in [1.82, 2.24) is 28.4 Å². The highest BCUT2D eigenvalue weighted by Gasteiger charge is 2.51. The third kappa shape index (κ3) is 5.13. The molecule has 2 fully saturated rings. The fraction of sp³-hybridized carbons (Fsp3) is 0.333. The highest BCUT2D eigenvalue weighted by molar-refractivity contribution is 7.87. The number of alkyl halides is 3. The van der Waals surface area contributed by atoms with Gasteiger partial charge in [-0.3, -0.25) is 14.2 Å². The van der Waals surface area contributed by atoms with Crippen LogP contribution < -0.4 is 10.5 Å². The van der Waals surface area contributed by atoms with Gasteiger partial charge in [-0.15, -0.1) is 0 Å². The lowest BCUT2D eigenvalue weighted by Crippen LogP contribution is -2.45. The smallest absolute Gasteiger partial charge is 0.382 e. The number of fused-ring (bicyclic) bond motifs is 2. The minimum Gasteiger partial charge on any atom is -0.382 e. The van der Waals surface area contributed by atoms with Crippen LogP contribution in [-0.4, -0.2) is 64.2 Å². The van der Waals surface area contributed by atoms with Crippen molar-refractivity contribution in [3.8, 4) is 11.3 Å². The van der Waals surface area contributed by atoms with Crippen LogP contribution in [0.1, 0.15) is 39.9 Å². The summed E-state index contributed by atoms with van der Waals surface area (Å²) >= 11 is 0. The molecule has 0 aliphatic carbocycles. The maximum Gasteiger partial charge on any atom is 0.416 e. The Balaban J connectivity index is 1.37. The molecule has 2 saturated heterocycles. The Bertz CT molecular complexity index is 1850. The Morgan fingerprint density at radius 3 is 2.67 bits per heavy atom. The first-order chi connectivity index (χ1) is 20.4. The first-order valence-electron chi connectivity index (χ1n) is 13.2. The summed E-state index contributed by atoms with van der Waals surface area (Å²) in [5.74, 6) is -1.22. The number of pyridine rings is 1. The number of nitrogens with two attached hydrogens (primary N) is 1. The number of carbonyl (C=O) groups excluding carboxylic acids is 1. The number of benzene rings is 1. The number of aromatic nitrogens is 4. The number of Topliss-reactive ketones (excluding diaryl/α,β-unsaturated/α-hetero) is 1. The van der Waals surface area contributed by atoms with Gasteiger partial charge in [-0.2, -0.15) is 25.9 Å². The molecule has 0 amide bonds. The summed E-state index contributed by atoms with van der Waals surface area (Å²) in [7, 11) is -2.61. The molecule has 3 atom stereocenters. The van der Waals surface area contributed by atoms with E-state index >= 15 is 4.39 Å². The van der Waals surface area contributed by atoms with Crippen LogP contribution in [0.25, 0.3) is 16.8 Å². The van der Waals surface area contributed by atoms with Crippen LogP contribution in [0.15, 0.2) is 48.9 Å². The molecule has 16 heteroatoms. The van der Waals surface area contributed by atoms with E-state index < -0.39 is 52.1 Å². The van der Waals surface area contributed by atoms with E-state index in [1.54, 1.807) is 10.6 Å². The van der Waals surface area contributed by atoms with Gasteiger partial charge in [0.2, 0.25) is 0 Å². The SMILES string of the molecule is CNS(=O)(=O)N1[C@@H]2COC[C@@H]2C[C@H]1c1nc(-c2ccc(C(=O)Cc3cc(C(F)(F)F)ccn3)cc2F)c2c(N)nccn12. The Labute approximate surface area is 242 Å². The molecular formula is C27H25F4N7O4S. The number of nitrogens with zero attached hydrogens (tertiary/aromatic N) is 5. The highest BCUT2D eigenvalue weighted by atomic mass is 32.2. The van der Waals surface area contributed by atoms with Crippen molar-refractivity contribution in [3.05, 3.63) is 77.4 Å². The minimum absolute atomic E-state index is 0.0240. The summed E-state index contributed by atoms with van der Waals surface area (Å²) in [6.07, 6.45) is -0.719. The standard InChI is InChI=1S/C27H25F4N7O4S/c1-33-43(40,41)38-20(9-15-12-42-13-21(15)38)26-36-23(24-25(32)35-6-7-37(24)26)18-3-2-14(8-19(18)28)22(39)11-17-10-16(4-5-34-17)27(29,30)31/h2-8,10,15,20-21,33H,9,11-13H2,1H3,(H2,32,35)/t15-,20-,21+/m0/s1. The molecule has 4 aromatic rings. The van der Waals surface area contributed by atoms with Crippen molar-refractivity contribution in [1.29, 1.82) is 0 Å². The summed E-state index contributed by atoms with van der Waals surface area (Å²) in [5.41, 5.74) is 5.38. The summed E-state index contributed by atoms with van der Waals surface area (Å²) < 4.78 is 91.8.